The predicted octanol–water partition coefficient (Wildman–Crippen LogP) is 6.20. The summed E-state index contributed by atoms with van der Waals surface area (Å²) in [7, 11) is 0. The van der Waals surface area contributed by atoms with Crippen LogP contribution in [0.4, 0.5) is 20.2 Å². The van der Waals surface area contributed by atoms with Gasteiger partial charge in [-0.2, -0.15) is 0 Å². The predicted molar refractivity (Wildman–Crippen MR) is 119 cm³/mol. The van der Waals surface area contributed by atoms with Crippen LogP contribution in [0.15, 0.2) is 103 Å². The second kappa shape index (κ2) is 7.69. The van der Waals surface area contributed by atoms with Gasteiger partial charge in [0.25, 0.3) is 5.91 Å². The van der Waals surface area contributed by atoms with Crippen LogP contribution < -0.4 is 10.2 Å². The molecule has 1 aliphatic rings. The Morgan fingerprint density at radius 1 is 0.742 bits per heavy atom. The number of carbonyl (C=O) groups is 1. The van der Waals surface area contributed by atoms with E-state index in [2.05, 4.69) is 5.32 Å². The lowest BCUT2D eigenvalue weighted by Crippen LogP contribution is -2.30. The number of hydrogen-bond donors (Lipinski definition) is 1. The Balaban J connectivity index is 1.61. The number of halogens is 2. The molecule has 1 aliphatic heterocycles. The van der Waals surface area contributed by atoms with Crippen LogP contribution in [0.5, 0.6) is 0 Å². The molecule has 0 fully saturated rings. The van der Waals surface area contributed by atoms with Crippen LogP contribution in [0.25, 0.3) is 10.8 Å². The second-order valence-corrected chi connectivity index (χ2v) is 7.38. The topological polar surface area (TPSA) is 32.3 Å². The van der Waals surface area contributed by atoms with Gasteiger partial charge in [0, 0.05) is 11.4 Å². The van der Waals surface area contributed by atoms with Gasteiger partial charge in [0.05, 0.1) is 6.04 Å². The van der Waals surface area contributed by atoms with Crippen LogP contribution >= 0.6 is 0 Å². The molecule has 4 aromatic rings. The normalized spacial score (nSPS) is 15.9. The Labute approximate surface area is 178 Å². The van der Waals surface area contributed by atoms with E-state index in [4.69, 9.17) is 0 Å². The molecule has 0 saturated carbocycles. The first-order chi connectivity index (χ1) is 15.1. The summed E-state index contributed by atoms with van der Waals surface area (Å²) in [5.41, 5.74) is 2.55. The highest BCUT2D eigenvalue weighted by Gasteiger charge is 2.35. The van der Waals surface area contributed by atoms with Crippen molar-refractivity contribution in [3.63, 3.8) is 0 Å². The van der Waals surface area contributed by atoms with Crippen molar-refractivity contribution < 1.29 is 13.6 Å². The summed E-state index contributed by atoms with van der Waals surface area (Å²) in [6.45, 7) is 0. The number of nitrogens with zero attached hydrogens (tertiary/aromatic N) is 1. The standard InChI is InChI=1S/C26H18F2N2O/c27-18-8-12-20(13-9-18)29-24-16-25(23-7-3-5-17-4-1-2-6-22(17)23)30(26(24)31)21-14-10-19(28)11-15-21/h1-16,25,29H/t25-/m0/s1. The molecule has 0 spiro atoms. The highest BCUT2D eigenvalue weighted by molar-refractivity contribution is 6.11. The van der Waals surface area contributed by atoms with E-state index >= 15 is 0 Å². The van der Waals surface area contributed by atoms with E-state index in [1.165, 1.54) is 24.3 Å². The molecule has 0 aromatic heterocycles. The van der Waals surface area contributed by atoms with Crippen LogP contribution in [0.3, 0.4) is 0 Å². The molecule has 0 radical (unpaired) electrons. The minimum Gasteiger partial charge on any atom is -0.351 e. The molecule has 1 amide bonds. The third-order valence-corrected chi connectivity index (χ3v) is 5.42. The van der Waals surface area contributed by atoms with E-state index in [0.717, 1.165) is 16.3 Å². The van der Waals surface area contributed by atoms with Gasteiger partial charge in [-0.05, 0) is 70.9 Å². The Morgan fingerprint density at radius 2 is 1.39 bits per heavy atom. The second-order valence-electron chi connectivity index (χ2n) is 7.38. The summed E-state index contributed by atoms with van der Waals surface area (Å²) in [6, 6.07) is 25.3. The lowest BCUT2D eigenvalue weighted by Gasteiger charge is -2.26. The minimum absolute atomic E-state index is 0.242. The van der Waals surface area contributed by atoms with Crippen molar-refractivity contribution in [2.45, 2.75) is 6.04 Å². The first-order valence-electron chi connectivity index (χ1n) is 9.91. The van der Waals surface area contributed by atoms with Crippen LogP contribution in [0.1, 0.15) is 11.6 Å². The van der Waals surface area contributed by atoms with E-state index in [1.807, 2.05) is 48.5 Å². The highest BCUT2D eigenvalue weighted by Crippen LogP contribution is 2.38. The largest absolute Gasteiger partial charge is 0.351 e. The number of fused-ring (bicyclic) bond motifs is 1. The van der Waals surface area contributed by atoms with E-state index in [-0.39, 0.29) is 23.6 Å². The number of anilines is 2. The minimum atomic E-state index is -0.382. The van der Waals surface area contributed by atoms with Gasteiger partial charge in [-0.3, -0.25) is 9.69 Å². The molecule has 1 atom stereocenters. The fraction of sp³-hybridized carbons (Fsp3) is 0.0385. The van der Waals surface area contributed by atoms with Gasteiger partial charge < -0.3 is 5.32 Å². The number of rotatable bonds is 4. The van der Waals surface area contributed by atoms with Gasteiger partial charge in [-0.1, -0.05) is 42.5 Å². The fourth-order valence-electron chi connectivity index (χ4n) is 3.96. The van der Waals surface area contributed by atoms with E-state index in [1.54, 1.807) is 29.2 Å². The molecule has 5 heteroatoms. The summed E-state index contributed by atoms with van der Waals surface area (Å²) in [6.07, 6.45) is 1.86. The molecular formula is C26H18F2N2O. The van der Waals surface area contributed by atoms with Gasteiger partial charge in [0.15, 0.2) is 0 Å². The maximum atomic E-state index is 13.5. The molecule has 1 N–H and O–H groups in total. The molecule has 0 bridgehead atoms. The van der Waals surface area contributed by atoms with Crippen LogP contribution in [0, 0.1) is 11.6 Å². The average Bonchev–Trinajstić information content (AvgIpc) is 3.11. The third-order valence-electron chi connectivity index (χ3n) is 5.42. The molecule has 5 rings (SSSR count). The molecule has 4 aromatic carbocycles. The molecule has 0 unspecified atom stereocenters. The van der Waals surface area contributed by atoms with E-state index in [0.29, 0.717) is 17.1 Å². The molecule has 0 aliphatic carbocycles. The zero-order valence-electron chi connectivity index (χ0n) is 16.4. The quantitative estimate of drug-likeness (QED) is 0.433. The molecule has 31 heavy (non-hydrogen) atoms. The number of hydrogen-bond acceptors (Lipinski definition) is 2. The fourth-order valence-corrected chi connectivity index (χ4v) is 3.96. The lowest BCUT2D eigenvalue weighted by molar-refractivity contribution is -0.114. The number of amides is 1. The smallest absolute Gasteiger partial charge is 0.275 e. The summed E-state index contributed by atoms with van der Waals surface area (Å²) in [5.74, 6) is -0.956. The SMILES string of the molecule is O=C1C(Nc2ccc(F)cc2)=C[C@@H](c2cccc3ccccc23)N1c1ccc(F)cc1. The van der Waals surface area contributed by atoms with Crippen molar-refractivity contribution in [3.05, 3.63) is 120 Å². The van der Waals surface area contributed by atoms with Crippen molar-refractivity contribution in [2.75, 3.05) is 10.2 Å². The van der Waals surface area contributed by atoms with E-state index < -0.39 is 0 Å². The Hall–Kier alpha value is -3.99. The summed E-state index contributed by atoms with van der Waals surface area (Å²) in [5, 5.41) is 5.21. The molecule has 152 valence electrons. The number of carbonyl (C=O) groups excluding carboxylic acids is 1. The molecule has 3 nitrogen and oxygen atoms in total. The Bertz CT molecular complexity index is 1290. The third kappa shape index (κ3) is 3.55. The highest BCUT2D eigenvalue weighted by atomic mass is 19.1. The first kappa shape index (κ1) is 19.0. The van der Waals surface area contributed by atoms with Gasteiger partial charge in [0.2, 0.25) is 0 Å². The van der Waals surface area contributed by atoms with Crippen LogP contribution in [-0.2, 0) is 4.79 Å². The maximum absolute atomic E-state index is 13.5. The van der Waals surface area contributed by atoms with E-state index in [9.17, 15) is 13.6 Å². The van der Waals surface area contributed by atoms with Crippen LogP contribution in [0.2, 0.25) is 0 Å². The maximum Gasteiger partial charge on any atom is 0.275 e. The number of nitrogens with one attached hydrogen (secondary N) is 1. The zero-order chi connectivity index (χ0) is 21.4. The van der Waals surface area contributed by atoms with Crippen molar-refractivity contribution in [1.82, 2.24) is 0 Å². The van der Waals surface area contributed by atoms with Gasteiger partial charge in [-0.25, -0.2) is 8.78 Å². The Morgan fingerprint density at radius 3 is 2.13 bits per heavy atom. The van der Waals surface area contributed by atoms with Gasteiger partial charge in [-0.15, -0.1) is 0 Å². The number of benzene rings is 4. The monoisotopic (exact) mass is 412 g/mol. The first-order valence-corrected chi connectivity index (χ1v) is 9.91. The molecule has 1 heterocycles. The Kier molecular flexibility index (Phi) is 4.71. The summed E-state index contributed by atoms with van der Waals surface area (Å²) in [4.78, 5) is 15.1. The summed E-state index contributed by atoms with van der Waals surface area (Å²) >= 11 is 0. The molecule has 0 saturated heterocycles. The van der Waals surface area contributed by atoms with Gasteiger partial charge in [0.1, 0.15) is 17.3 Å². The van der Waals surface area contributed by atoms with Crippen molar-refractivity contribution in [2.24, 2.45) is 0 Å². The summed E-state index contributed by atoms with van der Waals surface area (Å²) < 4.78 is 26.8. The van der Waals surface area contributed by atoms with Crippen molar-refractivity contribution in [3.8, 4) is 0 Å². The molecular weight excluding hydrogens is 394 g/mol. The lowest BCUT2D eigenvalue weighted by atomic mass is 9.98. The van der Waals surface area contributed by atoms with Crippen LogP contribution in [-0.4, -0.2) is 5.91 Å². The average molecular weight is 412 g/mol. The zero-order valence-corrected chi connectivity index (χ0v) is 16.4. The van der Waals surface area contributed by atoms with Crippen molar-refractivity contribution in [1.29, 1.82) is 0 Å². The van der Waals surface area contributed by atoms with Crippen molar-refractivity contribution >= 4 is 28.1 Å². The van der Waals surface area contributed by atoms with Gasteiger partial charge >= 0.3 is 0 Å².